The molecule has 3 rings (SSSR count). The van der Waals surface area contributed by atoms with Crippen molar-refractivity contribution in [1.82, 2.24) is 4.98 Å². The van der Waals surface area contributed by atoms with Crippen LogP contribution in [-0.4, -0.2) is 11.0 Å². The van der Waals surface area contributed by atoms with Crippen molar-refractivity contribution in [3.63, 3.8) is 0 Å². The molecule has 4 nitrogen and oxygen atoms in total. The molecule has 1 fully saturated rings. The zero-order valence-corrected chi connectivity index (χ0v) is 10.0. The van der Waals surface area contributed by atoms with Crippen molar-refractivity contribution in [2.45, 2.75) is 0 Å². The van der Waals surface area contributed by atoms with E-state index in [4.69, 9.17) is 10.5 Å². The minimum absolute atomic E-state index is 0.393. The van der Waals surface area contributed by atoms with Crippen LogP contribution in [0.15, 0.2) is 30.3 Å². The van der Waals surface area contributed by atoms with Crippen molar-refractivity contribution in [2.75, 3.05) is 5.73 Å². The number of aromatic nitrogens is 1. The largest absolute Gasteiger partial charge is 0.424 e. The molecule has 5 radical (unpaired) electrons. The number of rotatable bonds is 2. The number of hydrogen-bond donors (Lipinski definition) is 1. The predicted molar refractivity (Wildman–Crippen MR) is 72.2 cm³/mol. The first-order chi connectivity index (χ1) is 9.24. The Balaban J connectivity index is 1.91. The molecule has 0 aliphatic heterocycles. The molecular formula is C15H11N2O2. The molecule has 4 heteroatoms. The number of nitrogens with zero attached hydrogens (tertiary/aromatic N) is 1. The summed E-state index contributed by atoms with van der Waals surface area (Å²) in [6.45, 7) is 0. The summed E-state index contributed by atoms with van der Waals surface area (Å²) in [7, 11) is 0. The van der Waals surface area contributed by atoms with Gasteiger partial charge in [0, 0.05) is 5.39 Å². The van der Waals surface area contributed by atoms with Crippen LogP contribution in [0.5, 0.6) is 5.75 Å². The number of carbonyl (C=O) groups is 1. The van der Waals surface area contributed by atoms with Gasteiger partial charge in [0.15, 0.2) is 5.75 Å². The number of fused-ring (bicyclic) bond motifs is 1. The smallest absolute Gasteiger partial charge is 0.319 e. The van der Waals surface area contributed by atoms with Gasteiger partial charge in [0.2, 0.25) is 0 Å². The van der Waals surface area contributed by atoms with Gasteiger partial charge in [-0.15, -0.1) is 0 Å². The Morgan fingerprint density at radius 1 is 1.11 bits per heavy atom. The Labute approximate surface area is 111 Å². The second kappa shape index (κ2) is 4.88. The summed E-state index contributed by atoms with van der Waals surface area (Å²) in [6.07, 6.45) is 6.98. The molecule has 1 saturated carbocycles. The van der Waals surface area contributed by atoms with E-state index in [-0.39, 0.29) is 0 Å². The molecule has 93 valence electrons. The summed E-state index contributed by atoms with van der Waals surface area (Å²) in [5.41, 5.74) is 6.25. The highest BCUT2D eigenvalue weighted by Crippen LogP contribution is 2.28. The maximum absolute atomic E-state index is 11.9. The van der Waals surface area contributed by atoms with Crippen LogP contribution in [0.2, 0.25) is 0 Å². The Morgan fingerprint density at radius 2 is 1.89 bits per heavy atom. The number of nitrogen functional groups attached to an aromatic ring is 1. The predicted octanol–water partition coefficient (Wildman–Crippen LogP) is 2.13. The molecular weight excluding hydrogens is 240 g/mol. The number of benzene rings is 1. The van der Waals surface area contributed by atoms with Crippen LogP contribution in [0, 0.1) is 31.6 Å². The molecule has 0 amide bonds. The van der Waals surface area contributed by atoms with Gasteiger partial charge in [-0.05, 0) is 43.9 Å². The summed E-state index contributed by atoms with van der Waals surface area (Å²) in [5.74, 6) is 0.919. The number of anilines is 1. The number of ether oxygens (including phenoxy) is 1. The molecule has 0 spiro atoms. The maximum Gasteiger partial charge on any atom is 0.319 e. The first-order valence-corrected chi connectivity index (χ1v) is 5.83. The molecule has 1 aromatic heterocycles. The van der Waals surface area contributed by atoms with E-state index < -0.39 is 5.97 Å². The topological polar surface area (TPSA) is 65.2 Å². The lowest BCUT2D eigenvalue weighted by Gasteiger charge is -2.10. The van der Waals surface area contributed by atoms with Gasteiger partial charge in [0.25, 0.3) is 0 Å². The van der Waals surface area contributed by atoms with Crippen molar-refractivity contribution in [3.8, 4) is 5.75 Å². The van der Waals surface area contributed by atoms with E-state index in [0.29, 0.717) is 23.0 Å². The lowest BCUT2D eigenvalue weighted by molar-refractivity contribution is -0.131. The SMILES string of the molecule is Nc1ccc2cccc(OC(=O)[C]3[CH][CH][CH][CH]3)c2n1. The van der Waals surface area contributed by atoms with Crippen LogP contribution in [0.4, 0.5) is 5.82 Å². The molecule has 2 aromatic rings. The molecule has 0 saturated heterocycles. The minimum Gasteiger partial charge on any atom is -0.424 e. The van der Waals surface area contributed by atoms with Crippen molar-refractivity contribution < 1.29 is 9.53 Å². The van der Waals surface area contributed by atoms with Gasteiger partial charge in [0.05, 0.1) is 5.92 Å². The van der Waals surface area contributed by atoms with Crippen LogP contribution in [0.3, 0.4) is 0 Å². The van der Waals surface area contributed by atoms with E-state index in [0.717, 1.165) is 5.39 Å². The Morgan fingerprint density at radius 3 is 2.68 bits per heavy atom. The highest BCUT2D eigenvalue weighted by Gasteiger charge is 2.27. The second-order valence-corrected chi connectivity index (χ2v) is 4.13. The van der Waals surface area contributed by atoms with Crippen LogP contribution in [-0.2, 0) is 4.79 Å². The third kappa shape index (κ3) is 2.38. The van der Waals surface area contributed by atoms with E-state index in [9.17, 15) is 4.79 Å². The maximum atomic E-state index is 11.9. The van der Waals surface area contributed by atoms with E-state index >= 15 is 0 Å². The Bertz CT molecular complexity index is 619. The summed E-state index contributed by atoms with van der Waals surface area (Å²) < 4.78 is 5.37. The van der Waals surface area contributed by atoms with Gasteiger partial charge in [-0.3, -0.25) is 4.79 Å². The third-order valence-electron chi connectivity index (χ3n) is 2.81. The zero-order valence-electron chi connectivity index (χ0n) is 10.0. The molecule has 0 bridgehead atoms. The fraction of sp³-hybridized carbons (Fsp3) is 0. The summed E-state index contributed by atoms with van der Waals surface area (Å²) in [5, 5.41) is 0.877. The normalized spacial score (nSPS) is 15.8. The highest BCUT2D eigenvalue weighted by atomic mass is 16.5. The van der Waals surface area contributed by atoms with Gasteiger partial charge in [0.1, 0.15) is 11.3 Å². The average molecular weight is 251 g/mol. The van der Waals surface area contributed by atoms with Gasteiger partial charge < -0.3 is 10.5 Å². The van der Waals surface area contributed by atoms with Crippen molar-refractivity contribution in [3.05, 3.63) is 61.9 Å². The van der Waals surface area contributed by atoms with E-state index in [1.54, 1.807) is 37.8 Å². The van der Waals surface area contributed by atoms with E-state index in [1.807, 2.05) is 18.2 Å². The molecule has 19 heavy (non-hydrogen) atoms. The number of hydrogen-bond acceptors (Lipinski definition) is 4. The van der Waals surface area contributed by atoms with Gasteiger partial charge in [-0.1, -0.05) is 12.1 Å². The molecule has 1 aromatic carbocycles. The van der Waals surface area contributed by atoms with Gasteiger partial charge in [-0.2, -0.15) is 0 Å². The third-order valence-corrected chi connectivity index (χ3v) is 2.81. The molecule has 2 N–H and O–H groups in total. The second-order valence-electron chi connectivity index (χ2n) is 4.13. The van der Waals surface area contributed by atoms with Crippen LogP contribution in [0.1, 0.15) is 0 Å². The molecule has 1 heterocycles. The number of nitrogens with two attached hydrogens (primary N) is 1. The minimum atomic E-state index is -0.401. The summed E-state index contributed by atoms with van der Waals surface area (Å²) in [4.78, 5) is 16.1. The number of para-hydroxylation sites is 1. The standard InChI is InChI=1S/C15H11N2O2/c16-13-9-8-10-6-3-7-12(14(10)17-13)19-15(18)11-4-1-2-5-11/h1-9H,(H2,16,17). The monoisotopic (exact) mass is 251 g/mol. The Hall–Kier alpha value is -2.10. The average Bonchev–Trinajstić information content (AvgIpc) is 2.93. The van der Waals surface area contributed by atoms with Gasteiger partial charge >= 0.3 is 5.97 Å². The van der Waals surface area contributed by atoms with E-state index in [1.165, 1.54) is 0 Å². The fourth-order valence-electron chi connectivity index (χ4n) is 1.89. The summed E-state index contributed by atoms with van der Waals surface area (Å²) in [6, 6.07) is 8.97. The number of pyridine rings is 1. The Kier molecular flexibility index (Phi) is 3.07. The highest BCUT2D eigenvalue weighted by molar-refractivity contribution is 5.95. The molecule has 1 aliphatic rings. The van der Waals surface area contributed by atoms with Crippen molar-refractivity contribution >= 4 is 22.7 Å². The molecule has 0 unspecified atom stereocenters. The van der Waals surface area contributed by atoms with Crippen LogP contribution >= 0.6 is 0 Å². The number of carbonyl (C=O) groups excluding carboxylic acids is 1. The van der Waals surface area contributed by atoms with Crippen molar-refractivity contribution in [1.29, 1.82) is 0 Å². The lowest BCUT2D eigenvalue weighted by Crippen LogP contribution is -2.16. The molecule has 0 atom stereocenters. The van der Waals surface area contributed by atoms with Crippen molar-refractivity contribution in [2.24, 2.45) is 0 Å². The van der Waals surface area contributed by atoms with Gasteiger partial charge in [-0.25, -0.2) is 4.98 Å². The quantitative estimate of drug-likeness (QED) is 0.656. The first kappa shape index (κ1) is 12.0. The lowest BCUT2D eigenvalue weighted by atomic mass is 10.1. The first-order valence-electron chi connectivity index (χ1n) is 5.83. The van der Waals surface area contributed by atoms with Crippen LogP contribution in [0.25, 0.3) is 10.9 Å². The summed E-state index contributed by atoms with van der Waals surface area (Å²) >= 11 is 0. The number of esters is 1. The zero-order chi connectivity index (χ0) is 13.2. The van der Waals surface area contributed by atoms with E-state index in [2.05, 4.69) is 4.98 Å². The fourth-order valence-corrected chi connectivity index (χ4v) is 1.89. The van der Waals surface area contributed by atoms with Crippen LogP contribution < -0.4 is 10.5 Å². The molecule has 1 aliphatic carbocycles.